The molecule has 4 rings (SSSR count). The monoisotopic (exact) mass is 541 g/mol. The number of hydrogen-bond donors (Lipinski definition) is 0. The zero-order valence-electron chi connectivity index (χ0n) is 25.7. The lowest BCUT2D eigenvalue weighted by Crippen LogP contribution is -2.25. The molecule has 1 heterocycles. The fraction of sp³-hybridized carbons (Fsp3) is 0.576. The van der Waals surface area contributed by atoms with Gasteiger partial charge in [0.15, 0.2) is 5.78 Å². The van der Waals surface area contributed by atoms with Crippen LogP contribution in [0, 0.1) is 11.7 Å². The SMILES string of the molecule is CC.CCC.CN(CCCc1nc2ccccc2n1C)CCC1CCc2cc(F)ccc2C1.COCC(C)=O. The summed E-state index contributed by atoms with van der Waals surface area (Å²) >= 11 is 0. The van der Waals surface area contributed by atoms with Crippen LogP contribution in [0.3, 0.4) is 0 Å². The smallest absolute Gasteiger partial charge is 0.155 e. The number of halogens is 1. The molecule has 0 saturated carbocycles. The molecule has 6 heteroatoms. The molecule has 1 aliphatic carbocycles. The van der Waals surface area contributed by atoms with Crippen LogP contribution >= 0.6 is 0 Å². The van der Waals surface area contributed by atoms with E-state index in [-0.39, 0.29) is 18.2 Å². The van der Waals surface area contributed by atoms with Crippen LogP contribution in [0.25, 0.3) is 11.0 Å². The molecule has 1 aromatic heterocycles. The maximum absolute atomic E-state index is 13.4. The zero-order chi connectivity index (χ0) is 29.2. The maximum atomic E-state index is 13.4. The van der Waals surface area contributed by atoms with Crippen LogP contribution in [0.5, 0.6) is 0 Å². The number of benzene rings is 2. The number of aromatic nitrogens is 2. The summed E-state index contributed by atoms with van der Waals surface area (Å²) in [5, 5.41) is 0. The van der Waals surface area contributed by atoms with Crippen molar-refractivity contribution in [2.75, 3.05) is 33.9 Å². The van der Waals surface area contributed by atoms with Gasteiger partial charge < -0.3 is 14.2 Å². The van der Waals surface area contributed by atoms with Crippen LogP contribution in [0.4, 0.5) is 4.39 Å². The number of nitrogens with zero attached hydrogens (tertiary/aromatic N) is 3. The lowest BCUT2D eigenvalue weighted by Gasteiger charge is -2.26. The second kappa shape index (κ2) is 19.5. The average Bonchev–Trinajstić information content (AvgIpc) is 3.24. The molecule has 3 aromatic rings. The van der Waals surface area contributed by atoms with Crippen LogP contribution < -0.4 is 0 Å². The summed E-state index contributed by atoms with van der Waals surface area (Å²) in [4.78, 5) is 17.1. The van der Waals surface area contributed by atoms with E-state index in [2.05, 4.69) is 60.3 Å². The quantitative estimate of drug-likeness (QED) is 0.282. The van der Waals surface area contributed by atoms with Gasteiger partial charge in [-0.1, -0.05) is 52.3 Å². The van der Waals surface area contributed by atoms with Gasteiger partial charge >= 0.3 is 0 Å². The van der Waals surface area contributed by atoms with Crippen molar-refractivity contribution in [2.24, 2.45) is 13.0 Å². The van der Waals surface area contributed by atoms with Crippen molar-refractivity contribution < 1.29 is 13.9 Å². The molecule has 1 aliphatic rings. The molecule has 2 aromatic carbocycles. The van der Waals surface area contributed by atoms with Crippen molar-refractivity contribution in [1.29, 1.82) is 0 Å². The van der Waals surface area contributed by atoms with E-state index < -0.39 is 0 Å². The highest BCUT2D eigenvalue weighted by Gasteiger charge is 2.19. The summed E-state index contributed by atoms with van der Waals surface area (Å²) in [5.41, 5.74) is 4.86. The van der Waals surface area contributed by atoms with Crippen LogP contribution in [0.1, 0.15) is 77.3 Å². The van der Waals surface area contributed by atoms with Gasteiger partial charge in [-0.05, 0) is 100 Å². The molecule has 0 aliphatic heterocycles. The van der Waals surface area contributed by atoms with Gasteiger partial charge in [0.1, 0.15) is 18.2 Å². The van der Waals surface area contributed by atoms with Gasteiger partial charge in [0, 0.05) is 20.6 Å². The minimum atomic E-state index is -0.0995. The highest BCUT2D eigenvalue weighted by molar-refractivity contribution is 5.76. The molecule has 39 heavy (non-hydrogen) atoms. The molecule has 0 saturated heterocycles. The summed E-state index contributed by atoms with van der Waals surface area (Å²) in [6.45, 7) is 12.2. The van der Waals surface area contributed by atoms with E-state index in [1.165, 1.54) is 55.8 Å². The number of para-hydroxylation sites is 2. The number of carbonyl (C=O) groups is 1. The van der Waals surface area contributed by atoms with Crippen LogP contribution in [0.2, 0.25) is 0 Å². The molecule has 5 nitrogen and oxygen atoms in total. The number of Topliss-reactive ketones (excluding diaryl/α,β-unsaturated/α-hetero) is 1. The number of rotatable bonds is 9. The Morgan fingerprint density at radius 3 is 2.44 bits per heavy atom. The largest absolute Gasteiger partial charge is 0.377 e. The van der Waals surface area contributed by atoms with Gasteiger partial charge in [0.25, 0.3) is 0 Å². The predicted octanol–water partition coefficient (Wildman–Crippen LogP) is 7.44. The normalized spacial score (nSPS) is 13.8. The topological polar surface area (TPSA) is 47.4 Å². The first-order valence-corrected chi connectivity index (χ1v) is 14.6. The fourth-order valence-electron chi connectivity index (χ4n) is 4.69. The molecule has 0 N–H and O–H groups in total. The predicted molar refractivity (Wildman–Crippen MR) is 163 cm³/mol. The van der Waals surface area contributed by atoms with Crippen molar-refractivity contribution >= 4 is 16.8 Å². The van der Waals surface area contributed by atoms with E-state index >= 15 is 0 Å². The maximum Gasteiger partial charge on any atom is 0.155 e. The van der Waals surface area contributed by atoms with E-state index in [1.54, 1.807) is 12.1 Å². The third kappa shape index (κ3) is 12.4. The van der Waals surface area contributed by atoms with Crippen molar-refractivity contribution in [3.05, 3.63) is 65.2 Å². The summed E-state index contributed by atoms with van der Waals surface area (Å²) in [7, 11) is 5.84. The van der Waals surface area contributed by atoms with Gasteiger partial charge in [-0.2, -0.15) is 0 Å². The van der Waals surface area contributed by atoms with E-state index in [1.807, 2.05) is 26.0 Å². The molecular weight excluding hydrogens is 489 g/mol. The van der Waals surface area contributed by atoms with E-state index in [4.69, 9.17) is 4.98 Å². The second-order valence-electron chi connectivity index (χ2n) is 10.1. The number of carbonyl (C=O) groups excluding carboxylic acids is 1. The molecular formula is C33H52FN3O2. The Hall–Kier alpha value is -2.57. The number of hydrogen-bond acceptors (Lipinski definition) is 4. The van der Waals surface area contributed by atoms with Crippen molar-refractivity contribution in [2.45, 2.75) is 79.6 Å². The summed E-state index contributed by atoms with van der Waals surface area (Å²) in [6, 6.07) is 13.6. The number of aryl methyl sites for hydroxylation is 3. The van der Waals surface area contributed by atoms with Gasteiger partial charge in [0.2, 0.25) is 0 Å². The third-order valence-corrected chi connectivity index (χ3v) is 6.59. The first-order valence-electron chi connectivity index (χ1n) is 14.6. The Morgan fingerprint density at radius 1 is 1.13 bits per heavy atom. The number of imidazole rings is 1. The van der Waals surface area contributed by atoms with Gasteiger partial charge in [-0.25, -0.2) is 9.37 Å². The Morgan fingerprint density at radius 2 is 1.82 bits per heavy atom. The molecule has 0 bridgehead atoms. The molecule has 0 spiro atoms. The van der Waals surface area contributed by atoms with E-state index in [0.29, 0.717) is 0 Å². The summed E-state index contributed by atoms with van der Waals surface area (Å²) < 4.78 is 20.0. The Kier molecular flexibility index (Phi) is 17.2. The van der Waals surface area contributed by atoms with Crippen molar-refractivity contribution in [3.63, 3.8) is 0 Å². The van der Waals surface area contributed by atoms with Crippen LogP contribution in [-0.4, -0.2) is 54.1 Å². The van der Waals surface area contributed by atoms with Crippen molar-refractivity contribution in [1.82, 2.24) is 14.5 Å². The first-order chi connectivity index (χ1) is 18.8. The van der Waals surface area contributed by atoms with E-state index in [0.717, 1.165) is 50.2 Å². The highest BCUT2D eigenvalue weighted by Crippen LogP contribution is 2.28. The fourth-order valence-corrected chi connectivity index (χ4v) is 4.69. The van der Waals surface area contributed by atoms with Gasteiger partial charge in [-0.15, -0.1) is 0 Å². The number of ketones is 1. The molecule has 0 amide bonds. The Bertz CT molecular complexity index is 1100. The zero-order valence-corrected chi connectivity index (χ0v) is 25.7. The van der Waals surface area contributed by atoms with Crippen LogP contribution in [0.15, 0.2) is 42.5 Å². The minimum absolute atomic E-state index is 0.0671. The second-order valence-corrected chi connectivity index (χ2v) is 10.1. The average molecular weight is 542 g/mol. The third-order valence-electron chi connectivity index (χ3n) is 6.59. The molecule has 0 fully saturated rings. The molecule has 218 valence electrons. The van der Waals surface area contributed by atoms with Crippen LogP contribution in [-0.2, 0) is 35.8 Å². The number of ether oxygens (including phenoxy) is 1. The molecule has 1 atom stereocenters. The molecule has 0 radical (unpaired) electrons. The van der Waals surface area contributed by atoms with Crippen molar-refractivity contribution in [3.8, 4) is 0 Å². The highest BCUT2D eigenvalue weighted by atomic mass is 19.1. The Balaban J connectivity index is 0.000000595. The number of methoxy groups -OCH3 is 1. The summed E-state index contributed by atoms with van der Waals surface area (Å²) in [5.74, 6) is 1.86. The molecule has 1 unspecified atom stereocenters. The lowest BCUT2D eigenvalue weighted by molar-refractivity contribution is -0.120. The van der Waals surface area contributed by atoms with Gasteiger partial charge in [0.05, 0.1) is 11.0 Å². The summed E-state index contributed by atoms with van der Waals surface area (Å²) in [6.07, 6.45) is 7.92. The Labute approximate surface area is 236 Å². The minimum Gasteiger partial charge on any atom is -0.377 e. The number of fused-ring (bicyclic) bond motifs is 2. The van der Waals surface area contributed by atoms with Gasteiger partial charge in [-0.3, -0.25) is 4.79 Å². The van der Waals surface area contributed by atoms with E-state index in [9.17, 15) is 9.18 Å². The standard InChI is InChI=1S/C24H30FN3.C4H8O2.C3H8.C2H6/c1-27(14-5-8-24-26-22-6-3-4-7-23(22)28(24)2)15-13-18-9-10-20-17-21(25)12-11-19(20)16-18;1-4(5)3-6-2;1-3-2;1-2/h3-4,6-7,11-12,17-18H,5,8-10,13-16H2,1-2H3;3H2,1-2H3;3H2,1-2H3;1-2H3. The lowest BCUT2D eigenvalue weighted by atomic mass is 9.82. The first kappa shape index (κ1) is 34.5.